The first-order valence-corrected chi connectivity index (χ1v) is 6.48. The number of hydrogen-bond acceptors (Lipinski definition) is 2. The van der Waals surface area contributed by atoms with Crippen LogP contribution in [0.3, 0.4) is 0 Å². The van der Waals surface area contributed by atoms with Crippen molar-refractivity contribution in [1.29, 1.82) is 0 Å². The molecule has 0 unspecified atom stereocenters. The SMILES string of the molecule is Cc1ccc(N(C)c2ccc(CCl)c(C)n2)cc1. The molecule has 0 fully saturated rings. The third-order valence-electron chi connectivity index (χ3n) is 3.09. The van der Waals surface area contributed by atoms with Crippen molar-refractivity contribution in [1.82, 2.24) is 4.98 Å². The standard InChI is InChI=1S/C15H17ClN2/c1-11-4-7-14(8-5-11)18(3)15-9-6-13(10-16)12(2)17-15/h4-9H,10H2,1-3H3. The Hall–Kier alpha value is -1.54. The maximum absolute atomic E-state index is 5.84. The molecule has 1 aromatic carbocycles. The van der Waals surface area contributed by atoms with Gasteiger partial charge in [0.2, 0.25) is 0 Å². The predicted octanol–water partition coefficient (Wildman–Crippen LogP) is 4.21. The topological polar surface area (TPSA) is 16.1 Å². The molecule has 2 rings (SSSR count). The van der Waals surface area contributed by atoms with Crippen LogP contribution in [-0.4, -0.2) is 12.0 Å². The molecule has 0 bridgehead atoms. The normalized spacial score (nSPS) is 10.4. The van der Waals surface area contributed by atoms with E-state index < -0.39 is 0 Å². The molecule has 3 heteroatoms. The Morgan fingerprint density at radius 1 is 1.06 bits per heavy atom. The van der Waals surface area contributed by atoms with Crippen molar-refractivity contribution in [3.63, 3.8) is 0 Å². The molecule has 0 aliphatic rings. The van der Waals surface area contributed by atoms with E-state index in [2.05, 4.69) is 41.1 Å². The maximum atomic E-state index is 5.84. The van der Waals surface area contributed by atoms with E-state index in [9.17, 15) is 0 Å². The zero-order chi connectivity index (χ0) is 13.1. The van der Waals surface area contributed by atoms with E-state index in [0.29, 0.717) is 5.88 Å². The minimum absolute atomic E-state index is 0.507. The smallest absolute Gasteiger partial charge is 0.132 e. The van der Waals surface area contributed by atoms with E-state index >= 15 is 0 Å². The number of benzene rings is 1. The average Bonchev–Trinajstić information content (AvgIpc) is 2.38. The molecular weight excluding hydrogens is 244 g/mol. The van der Waals surface area contributed by atoms with Gasteiger partial charge >= 0.3 is 0 Å². The summed E-state index contributed by atoms with van der Waals surface area (Å²) in [7, 11) is 2.02. The van der Waals surface area contributed by atoms with Crippen LogP contribution >= 0.6 is 11.6 Å². The van der Waals surface area contributed by atoms with Gasteiger partial charge in [0.25, 0.3) is 0 Å². The molecule has 2 aromatic rings. The lowest BCUT2D eigenvalue weighted by atomic mass is 10.2. The van der Waals surface area contributed by atoms with Crippen LogP contribution in [0.5, 0.6) is 0 Å². The second kappa shape index (κ2) is 5.40. The van der Waals surface area contributed by atoms with Crippen molar-refractivity contribution in [2.24, 2.45) is 0 Å². The van der Waals surface area contributed by atoms with E-state index in [-0.39, 0.29) is 0 Å². The van der Waals surface area contributed by atoms with Crippen molar-refractivity contribution < 1.29 is 0 Å². The average molecular weight is 261 g/mol. The highest BCUT2D eigenvalue weighted by atomic mass is 35.5. The molecule has 0 saturated heterocycles. The summed E-state index contributed by atoms with van der Waals surface area (Å²) < 4.78 is 0. The van der Waals surface area contributed by atoms with E-state index in [4.69, 9.17) is 11.6 Å². The molecule has 18 heavy (non-hydrogen) atoms. The lowest BCUT2D eigenvalue weighted by Gasteiger charge is -2.19. The van der Waals surface area contributed by atoms with E-state index in [1.54, 1.807) is 0 Å². The summed E-state index contributed by atoms with van der Waals surface area (Å²) in [6.45, 7) is 4.08. The number of anilines is 2. The van der Waals surface area contributed by atoms with Crippen LogP contribution in [0.2, 0.25) is 0 Å². The molecule has 1 heterocycles. The predicted molar refractivity (Wildman–Crippen MR) is 77.8 cm³/mol. The van der Waals surface area contributed by atoms with Gasteiger partial charge in [-0.05, 0) is 37.6 Å². The summed E-state index contributed by atoms with van der Waals surface area (Å²) in [6.07, 6.45) is 0. The number of aryl methyl sites for hydroxylation is 2. The van der Waals surface area contributed by atoms with Crippen LogP contribution in [-0.2, 0) is 5.88 Å². The van der Waals surface area contributed by atoms with Crippen LogP contribution in [0.25, 0.3) is 0 Å². The molecule has 0 aliphatic carbocycles. The number of alkyl halides is 1. The molecule has 0 saturated carbocycles. The molecular formula is C15H17ClN2. The molecule has 0 radical (unpaired) electrons. The van der Waals surface area contributed by atoms with Crippen molar-refractivity contribution >= 4 is 23.1 Å². The third kappa shape index (κ3) is 2.65. The highest BCUT2D eigenvalue weighted by molar-refractivity contribution is 6.17. The molecule has 0 amide bonds. The van der Waals surface area contributed by atoms with Gasteiger partial charge in [0.05, 0.1) is 0 Å². The van der Waals surface area contributed by atoms with Crippen LogP contribution in [0.1, 0.15) is 16.8 Å². The van der Waals surface area contributed by atoms with Crippen LogP contribution in [0.4, 0.5) is 11.5 Å². The first-order valence-electron chi connectivity index (χ1n) is 5.94. The summed E-state index contributed by atoms with van der Waals surface area (Å²) in [4.78, 5) is 6.66. The molecule has 94 valence electrons. The van der Waals surface area contributed by atoms with Crippen molar-refractivity contribution in [3.05, 3.63) is 53.2 Å². The van der Waals surface area contributed by atoms with E-state index in [1.165, 1.54) is 5.56 Å². The van der Waals surface area contributed by atoms with Crippen LogP contribution < -0.4 is 4.90 Å². The second-order valence-electron chi connectivity index (χ2n) is 4.44. The number of aromatic nitrogens is 1. The lowest BCUT2D eigenvalue weighted by Crippen LogP contribution is -2.12. The molecule has 1 aromatic heterocycles. The first-order chi connectivity index (χ1) is 8.61. The van der Waals surface area contributed by atoms with E-state index in [1.807, 2.05) is 26.1 Å². The first kappa shape index (κ1) is 12.9. The lowest BCUT2D eigenvalue weighted by molar-refractivity contribution is 1.06. The van der Waals surface area contributed by atoms with Crippen LogP contribution in [0, 0.1) is 13.8 Å². The molecule has 0 N–H and O–H groups in total. The quantitative estimate of drug-likeness (QED) is 0.769. The fourth-order valence-electron chi connectivity index (χ4n) is 1.81. The molecule has 0 spiro atoms. The Kier molecular flexibility index (Phi) is 3.87. The summed E-state index contributed by atoms with van der Waals surface area (Å²) >= 11 is 5.84. The summed E-state index contributed by atoms with van der Waals surface area (Å²) in [5, 5.41) is 0. The number of halogens is 1. The minimum Gasteiger partial charge on any atom is -0.329 e. The van der Waals surface area contributed by atoms with Crippen molar-refractivity contribution in [3.8, 4) is 0 Å². The molecule has 2 nitrogen and oxygen atoms in total. The fraction of sp³-hybridized carbons (Fsp3) is 0.267. The number of hydrogen-bond donors (Lipinski definition) is 0. The third-order valence-corrected chi connectivity index (χ3v) is 3.38. The van der Waals surface area contributed by atoms with Crippen molar-refractivity contribution in [2.45, 2.75) is 19.7 Å². The van der Waals surface area contributed by atoms with Gasteiger partial charge in [0.1, 0.15) is 5.82 Å². The van der Waals surface area contributed by atoms with Gasteiger partial charge in [-0.25, -0.2) is 4.98 Å². The Morgan fingerprint density at radius 3 is 2.28 bits per heavy atom. The molecule has 0 atom stereocenters. The fourth-order valence-corrected chi connectivity index (χ4v) is 2.09. The van der Waals surface area contributed by atoms with Gasteiger partial charge < -0.3 is 4.90 Å². The largest absolute Gasteiger partial charge is 0.329 e. The van der Waals surface area contributed by atoms with Crippen molar-refractivity contribution in [2.75, 3.05) is 11.9 Å². The number of rotatable bonds is 3. The van der Waals surface area contributed by atoms with Gasteiger partial charge in [-0.15, -0.1) is 11.6 Å². The monoisotopic (exact) mass is 260 g/mol. The Bertz CT molecular complexity index is 535. The summed E-state index contributed by atoms with van der Waals surface area (Å²) in [5.41, 5.74) is 4.46. The highest BCUT2D eigenvalue weighted by Gasteiger charge is 2.07. The van der Waals surface area contributed by atoms with Gasteiger partial charge in [-0.2, -0.15) is 0 Å². The van der Waals surface area contributed by atoms with Gasteiger partial charge in [0, 0.05) is 24.3 Å². The Morgan fingerprint density at radius 2 is 1.72 bits per heavy atom. The zero-order valence-electron chi connectivity index (χ0n) is 10.9. The summed E-state index contributed by atoms with van der Waals surface area (Å²) in [5.74, 6) is 1.44. The van der Waals surface area contributed by atoms with Crippen LogP contribution in [0.15, 0.2) is 36.4 Å². The van der Waals surface area contributed by atoms with Gasteiger partial charge in [-0.3, -0.25) is 0 Å². The number of nitrogens with zero attached hydrogens (tertiary/aromatic N) is 2. The summed E-state index contributed by atoms with van der Waals surface area (Å²) in [6, 6.07) is 12.4. The van der Waals surface area contributed by atoms with Gasteiger partial charge in [-0.1, -0.05) is 23.8 Å². The Balaban J connectivity index is 2.31. The highest BCUT2D eigenvalue weighted by Crippen LogP contribution is 2.23. The van der Waals surface area contributed by atoms with Gasteiger partial charge in [0.15, 0.2) is 0 Å². The Labute approximate surface area is 113 Å². The molecule has 0 aliphatic heterocycles. The minimum atomic E-state index is 0.507. The zero-order valence-corrected chi connectivity index (χ0v) is 11.7. The maximum Gasteiger partial charge on any atom is 0.132 e. The van der Waals surface area contributed by atoms with E-state index in [0.717, 1.165) is 22.8 Å². The second-order valence-corrected chi connectivity index (χ2v) is 4.71. The number of pyridine rings is 1.